The summed E-state index contributed by atoms with van der Waals surface area (Å²) in [6.07, 6.45) is 3.36. The Morgan fingerprint density at radius 2 is 2.05 bits per heavy atom. The molecule has 116 valence electrons. The summed E-state index contributed by atoms with van der Waals surface area (Å²) in [6, 6.07) is 5.65. The molecule has 22 heavy (non-hydrogen) atoms. The van der Waals surface area contributed by atoms with E-state index in [4.69, 9.17) is 5.11 Å². The molecule has 0 unspecified atom stereocenters. The van der Waals surface area contributed by atoms with Crippen LogP contribution >= 0.6 is 11.3 Å². The van der Waals surface area contributed by atoms with Crippen LogP contribution in [-0.2, 0) is 0 Å². The molecule has 7 heteroatoms. The van der Waals surface area contributed by atoms with Crippen molar-refractivity contribution < 1.29 is 9.90 Å². The van der Waals surface area contributed by atoms with Crippen LogP contribution in [0.5, 0.6) is 0 Å². The minimum absolute atomic E-state index is 0.0309. The molecule has 1 aliphatic heterocycles. The number of aliphatic hydroxyl groups excluding tert-OH is 1. The summed E-state index contributed by atoms with van der Waals surface area (Å²) in [6.45, 7) is 3.82. The highest BCUT2D eigenvalue weighted by Crippen LogP contribution is 2.24. The first kappa shape index (κ1) is 15.1. The van der Waals surface area contributed by atoms with E-state index in [9.17, 15) is 4.79 Å². The second-order valence-corrected chi connectivity index (χ2v) is 6.13. The first-order chi connectivity index (χ1) is 10.8. The van der Waals surface area contributed by atoms with Crippen LogP contribution in [0.15, 0.2) is 30.6 Å². The number of thiazole rings is 1. The third-order valence-corrected chi connectivity index (χ3v) is 4.68. The lowest BCUT2D eigenvalue weighted by Gasteiger charge is -2.34. The number of aromatic nitrogens is 2. The number of carbonyl (C=O) groups excluding carboxylic acids is 1. The van der Waals surface area contributed by atoms with Gasteiger partial charge in [0.05, 0.1) is 18.5 Å². The van der Waals surface area contributed by atoms with Crippen molar-refractivity contribution >= 4 is 17.2 Å². The molecule has 0 aromatic carbocycles. The summed E-state index contributed by atoms with van der Waals surface area (Å²) in [7, 11) is 0. The van der Waals surface area contributed by atoms with E-state index in [0.29, 0.717) is 24.5 Å². The first-order valence-corrected chi connectivity index (χ1v) is 8.09. The van der Waals surface area contributed by atoms with Gasteiger partial charge in [-0.15, -0.1) is 11.3 Å². The molecule has 1 saturated heterocycles. The quantitative estimate of drug-likeness (QED) is 0.909. The summed E-state index contributed by atoms with van der Waals surface area (Å²) < 4.78 is 0. The average Bonchev–Trinajstić information content (AvgIpc) is 3.06. The Bertz CT molecular complexity index is 623. The number of piperazine rings is 1. The second kappa shape index (κ2) is 6.95. The topological polar surface area (TPSA) is 69.6 Å². The van der Waals surface area contributed by atoms with E-state index in [1.54, 1.807) is 12.4 Å². The molecule has 3 heterocycles. The fraction of sp³-hybridized carbons (Fsp3) is 0.400. The molecule has 2 aromatic rings. The number of rotatable bonds is 4. The highest BCUT2D eigenvalue weighted by Gasteiger charge is 2.23. The number of pyridine rings is 1. The fourth-order valence-electron chi connectivity index (χ4n) is 2.45. The summed E-state index contributed by atoms with van der Waals surface area (Å²) in [4.78, 5) is 25.7. The maximum Gasteiger partial charge on any atom is 0.265 e. The zero-order chi connectivity index (χ0) is 15.4. The van der Waals surface area contributed by atoms with Crippen LogP contribution in [0.2, 0.25) is 0 Å². The Kier molecular flexibility index (Phi) is 4.77. The van der Waals surface area contributed by atoms with Gasteiger partial charge in [-0.1, -0.05) is 6.07 Å². The third-order valence-electron chi connectivity index (χ3n) is 3.68. The zero-order valence-corrected chi connectivity index (χ0v) is 13.0. The van der Waals surface area contributed by atoms with Crippen molar-refractivity contribution in [3.8, 4) is 10.7 Å². The maximum atomic E-state index is 12.5. The Balaban J connectivity index is 1.65. The first-order valence-electron chi connectivity index (χ1n) is 7.27. The number of nitrogens with zero attached hydrogens (tertiary/aromatic N) is 4. The van der Waals surface area contributed by atoms with Crippen molar-refractivity contribution in [2.75, 3.05) is 39.3 Å². The molecule has 1 N–H and O–H groups in total. The van der Waals surface area contributed by atoms with Gasteiger partial charge >= 0.3 is 0 Å². The number of hydrogen-bond acceptors (Lipinski definition) is 6. The molecule has 1 aliphatic rings. The van der Waals surface area contributed by atoms with Crippen LogP contribution in [0.1, 0.15) is 9.67 Å². The minimum Gasteiger partial charge on any atom is -0.395 e. The molecule has 0 aliphatic carbocycles. The van der Waals surface area contributed by atoms with Gasteiger partial charge in [0, 0.05) is 38.9 Å². The molecular formula is C15H18N4O2S. The van der Waals surface area contributed by atoms with Gasteiger partial charge in [0.2, 0.25) is 0 Å². The third kappa shape index (κ3) is 3.32. The minimum atomic E-state index is 0.0309. The van der Waals surface area contributed by atoms with Crippen molar-refractivity contribution in [1.82, 2.24) is 19.8 Å². The number of aliphatic hydroxyl groups is 1. The molecular weight excluding hydrogens is 300 g/mol. The molecule has 3 rings (SSSR count). The highest BCUT2D eigenvalue weighted by molar-refractivity contribution is 7.16. The predicted molar refractivity (Wildman–Crippen MR) is 84.8 cm³/mol. The Labute approximate surface area is 133 Å². The molecule has 1 amide bonds. The van der Waals surface area contributed by atoms with Gasteiger partial charge in [0.15, 0.2) is 0 Å². The standard InChI is InChI=1S/C15H18N4O2S/c20-10-9-18-5-7-19(8-6-18)15(21)13-11-17-14(22-13)12-3-1-2-4-16-12/h1-4,11,20H,5-10H2. The lowest BCUT2D eigenvalue weighted by atomic mass is 10.3. The summed E-state index contributed by atoms with van der Waals surface area (Å²) in [5, 5.41) is 9.71. The molecule has 0 spiro atoms. The van der Waals surface area contributed by atoms with E-state index < -0.39 is 0 Å². The van der Waals surface area contributed by atoms with E-state index in [-0.39, 0.29) is 12.5 Å². The van der Waals surface area contributed by atoms with Crippen LogP contribution in [0.25, 0.3) is 10.7 Å². The van der Waals surface area contributed by atoms with Gasteiger partial charge in [-0.3, -0.25) is 14.7 Å². The van der Waals surface area contributed by atoms with Crippen LogP contribution in [0.4, 0.5) is 0 Å². The SMILES string of the molecule is O=C(c1cnc(-c2ccccn2)s1)N1CCN(CCO)CC1. The van der Waals surface area contributed by atoms with Gasteiger partial charge in [0.1, 0.15) is 9.88 Å². The van der Waals surface area contributed by atoms with Crippen LogP contribution in [-0.4, -0.2) is 70.1 Å². The molecule has 6 nitrogen and oxygen atoms in total. The lowest BCUT2D eigenvalue weighted by molar-refractivity contribution is 0.0619. The van der Waals surface area contributed by atoms with E-state index >= 15 is 0 Å². The number of β-amino-alcohol motifs (C(OH)–C–C–N with tert-alkyl or cyclic N) is 1. The van der Waals surface area contributed by atoms with Gasteiger partial charge in [-0.2, -0.15) is 0 Å². The van der Waals surface area contributed by atoms with E-state index in [0.717, 1.165) is 23.8 Å². The molecule has 2 aromatic heterocycles. The number of amides is 1. The predicted octanol–water partition coefficient (Wildman–Crippen LogP) is 0.955. The van der Waals surface area contributed by atoms with Crippen molar-refractivity contribution in [3.05, 3.63) is 35.5 Å². The monoisotopic (exact) mass is 318 g/mol. The zero-order valence-electron chi connectivity index (χ0n) is 12.2. The highest BCUT2D eigenvalue weighted by atomic mass is 32.1. The smallest absolute Gasteiger partial charge is 0.265 e. The Morgan fingerprint density at radius 1 is 1.23 bits per heavy atom. The number of hydrogen-bond donors (Lipinski definition) is 1. The van der Waals surface area contributed by atoms with Crippen LogP contribution in [0.3, 0.4) is 0 Å². The maximum absolute atomic E-state index is 12.5. The molecule has 0 bridgehead atoms. The van der Waals surface area contributed by atoms with Crippen molar-refractivity contribution in [2.45, 2.75) is 0 Å². The van der Waals surface area contributed by atoms with Gasteiger partial charge in [0.25, 0.3) is 5.91 Å². The van der Waals surface area contributed by atoms with Crippen LogP contribution in [0, 0.1) is 0 Å². The van der Waals surface area contributed by atoms with E-state index in [1.807, 2.05) is 23.1 Å². The fourth-order valence-corrected chi connectivity index (χ4v) is 3.31. The number of carbonyl (C=O) groups is 1. The van der Waals surface area contributed by atoms with Gasteiger partial charge in [-0.25, -0.2) is 4.98 Å². The largest absolute Gasteiger partial charge is 0.395 e. The normalized spacial score (nSPS) is 16.0. The summed E-state index contributed by atoms with van der Waals surface area (Å²) >= 11 is 1.38. The molecule has 0 saturated carbocycles. The van der Waals surface area contributed by atoms with E-state index in [1.165, 1.54) is 11.3 Å². The molecule has 0 radical (unpaired) electrons. The van der Waals surface area contributed by atoms with Crippen molar-refractivity contribution in [2.24, 2.45) is 0 Å². The van der Waals surface area contributed by atoms with Crippen LogP contribution < -0.4 is 0 Å². The Morgan fingerprint density at radius 3 is 2.73 bits per heavy atom. The average molecular weight is 318 g/mol. The Hall–Kier alpha value is -1.83. The second-order valence-electron chi connectivity index (χ2n) is 5.10. The van der Waals surface area contributed by atoms with Crippen molar-refractivity contribution in [3.63, 3.8) is 0 Å². The molecule has 1 fully saturated rings. The molecule has 0 atom stereocenters. The summed E-state index contributed by atoms with van der Waals surface area (Å²) in [5.74, 6) is 0.0309. The lowest BCUT2D eigenvalue weighted by Crippen LogP contribution is -2.49. The van der Waals surface area contributed by atoms with Gasteiger partial charge < -0.3 is 10.0 Å². The van der Waals surface area contributed by atoms with E-state index in [2.05, 4.69) is 14.9 Å². The summed E-state index contributed by atoms with van der Waals surface area (Å²) in [5.41, 5.74) is 0.791. The van der Waals surface area contributed by atoms with Gasteiger partial charge in [-0.05, 0) is 12.1 Å². The van der Waals surface area contributed by atoms with Crippen molar-refractivity contribution in [1.29, 1.82) is 0 Å².